The molecule has 0 amide bonds. The largest absolute Gasteiger partial charge is 0.394 e. The number of hydrogen-bond acceptors (Lipinski definition) is 5. The first-order valence-corrected chi connectivity index (χ1v) is 2.94. The van der Waals surface area contributed by atoms with Crippen LogP contribution in [0.25, 0.3) is 0 Å². The van der Waals surface area contributed by atoms with Gasteiger partial charge in [-0.3, -0.25) is 0 Å². The van der Waals surface area contributed by atoms with Crippen LogP contribution in [0, 0.1) is 22.7 Å². The van der Waals surface area contributed by atoms with Crippen LogP contribution >= 0.6 is 0 Å². The van der Waals surface area contributed by atoms with Gasteiger partial charge >= 0.3 is 0 Å². The highest BCUT2D eigenvalue weighted by molar-refractivity contribution is 5.01. The Balaban J connectivity index is 3.55. The van der Waals surface area contributed by atoms with Crippen LogP contribution in [0.15, 0.2) is 0 Å². The van der Waals surface area contributed by atoms with Crippen LogP contribution in [0.5, 0.6) is 0 Å². The van der Waals surface area contributed by atoms with E-state index < -0.39 is 18.8 Å². The van der Waals surface area contributed by atoms with E-state index in [9.17, 15) is 0 Å². The lowest BCUT2D eigenvalue weighted by Crippen LogP contribution is -2.22. The standard InChI is InChI=1S/C6H8N2O3/c7-1-6(2-8)11-4-5(10)3-9/h5-6,9-10H,3-4H2. The van der Waals surface area contributed by atoms with Gasteiger partial charge in [0, 0.05) is 0 Å². The highest BCUT2D eigenvalue weighted by Gasteiger charge is 2.08. The molecule has 0 aliphatic rings. The minimum atomic E-state index is -1.17. The summed E-state index contributed by atoms with van der Waals surface area (Å²) in [6.45, 7) is -0.647. The molecule has 0 aromatic rings. The predicted molar refractivity (Wildman–Crippen MR) is 34.1 cm³/mol. The van der Waals surface area contributed by atoms with Gasteiger partial charge in [0.1, 0.15) is 18.2 Å². The van der Waals surface area contributed by atoms with Crippen molar-refractivity contribution in [2.45, 2.75) is 12.2 Å². The first kappa shape index (κ1) is 9.86. The maximum atomic E-state index is 8.70. The summed E-state index contributed by atoms with van der Waals surface area (Å²) >= 11 is 0. The zero-order valence-electron chi connectivity index (χ0n) is 5.77. The van der Waals surface area contributed by atoms with Crippen molar-refractivity contribution in [2.24, 2.45) is 0 Å². The van der Waals surface area contributed by atoms with Gasteiger partial charge in [-0.1, -0.05) is 0 Å². The molecule has 0 bridgehead atoms. The molecule has 0 aliphatic heterocycles. The van der Waals surface area contributed by atoms with Gasteiger partial charge in [0.15, 0.2) is 0 Å². The average Bonchev–Trinajstić information content (AvgIpc) is 2.06. The first-order chi connectivity index (χ1) is 5.24. The number of ether oxygens (including phenoxy) is 1. The first-order valence-electron chi connectivity index (χ1n) is 2.94. The van der Waals surface area contributed by atoms with Crippen LogP contribution in [0.2, 0.25) is 0 Å². The topological polar surface area (TPSA) is 97.3 Å². The molecule has 0 radical (unpaired) electrons. The van der Waals surface area contributed by atoms with Gasteiger partial charge in [0.05, 0.1) is 13.2 Å². The third kappa shape index (κ3) is 4.29. The summed E-state index contributed by atoms with van der Waals surface area (Å²) in [6, 6.07) is 3.11. The molecule has 0 saturated carbocycles. The van der Waals surface area contributed by atoms with Gasteiger partial charge in [-0.05, 0) is 0 Å². The van der Waals surface area contributed by atoms with E-state index in [0.717, 1.165) is 0 Å². The molecule has 0 rings (SSSR count). The van der Waals surface area contributed by atoms with Gasteiger partial charge in [-0.2, -0.15) is 10.5 Å². The third-order valence-electron chi connectivity index (χ3n) is 0.901. The Bertz CT molecular complexity index is 167. The lowest BCUT2D eigenvalue weighted by molar-refractivity contribution is 0.00164. The Labute approximate surface area is 64.1 Å². The Kier molecular flexibility index (Phi) is 5.05. The van der Waals surface area contributed by atoms with Crippen molar-refractivity contribution in [1.29, 1.82) is 10.5 Å². The molecule has 60 valence electrons. The minimum absolute atomic E-state index is 0.206. The molecule has 0 fully saturated rings. The fourth-order valence-electron chi connectivity index (χ4n) is 0.363. The Morgan fingerprint density at radius 3 is 2.27 bits per heavy atom. The van der Waals surface area contributed by atoms with E-state index in [1.165, 1.54) is 0 Å². The van der Waals surface area contributed by atoms with Crippen molar-refractivity contribution in [1.82, 2.24) is 0 Å². The molecular formula is C6H8N2O3. The zero-order chi connectivity index (χ0) is 8.69. The molecule has 2 N–H and O–H groups in total. The molecule has 0 saturated heterocycles. The fourth-order valence-corrected chi connectivity index (χ4v) is 0.363. The van der Waals surface area contributed by atoms with Gasteiger partial charge in [-0.15, -0.1) is 0 Å². The molecule has 0 aliphatic carbocycles. The van der Waals surface area contributed by atoms with Crippen molar-refractivity contribution in [3.8, 4) is 12.1 Å². The Morgan fingerprint density at radius 1 is 1.36 bits per heavy atom. The summed E-state index contributed by atoms with van der Waals surface area (Å²) in [5, 5.41) is 33.3. The molecule has 1 unspecified atom stereocenters. The van der Waals surface area contributed by atoms with Crippen molar-refractivity contribution < 1.29 is 14.9 Å². The van der Waals surface area contributed by atoms with E-state index in [1.807, 2.05) is 0 Å². The minimum Gasteiger partial charge on any atom is -0.394 e. The second-order valence-corrected chi connectivity index (χ2v) is 1.81. The number of hydrogen-bond donors (Lipinski definition) is 2. The maximum Gasteiger partial charge on any atom is 0.230 e. The average molecular weight is 156 g/mol. The van der Waals surface area contributed by atoms with Crippen LogP contribution < -0.4 is 0 Å². The van der Waals surface area contributed by atoms with E-state index in [-0.39, 0.29) is 6.61 Å². The van der Waals surface area contributed by atoms with Crippen molar-refractivity contribution >= 4 is 0 Å². The smallest absolute Gasteiger partial charge is 0.230 e. The van der Waals surface area contributed by atoms with E-state index in [4.69, 9.17) is 20.7 Å². The monoisotopic (exact) mass is 156 g/mol. The summed E-state index contributed by atoms with van der Waals surface area (Å²) in [4.78, 5) is 0. The lowest BCUT2D eigenvalue weighted by Gasteiger charge is -2.06. The van der Waals surface area contributed by atoms with Gasteiger partial charge in [-0.25, -0.2) is 0 Å². The highest BCUT2D eigenvalue weighted by atomic mass is 16.5. The molecule has 11 heavy (non-hydrogen) atoms. The normalized spacial score (nSPS) is 12.1. The molecule has 0 heterocycles. The molecule has 1 atom stereocenters. The number of nitriles is 2. The maximum absolute atomic E-state index is 8.70. The van der Waals surface area contributed by atoms with E-state index in [2.05, 4.69) is 4.74 Å². The van der Waals surface area contributed by atoms with Crippen molar-refractivity contribution in [3.05, 3.63) is 0 Å². The van der Waals surface area contributed by atoms with Crippen LogP contribution in [0.4, 0.5) is 0 Å². The second kappa shape index (κ2) is 5.63. The molecule has 0 spiro atoms. The SMILES string of the molecule is N#CC(C#N)OCC(O)CO. The van der Waals surface area contributed by atoms with Crippen LogP contribution in [-0.4, -0.2) is 35.6 Å². The zero-order valence-corrected chi connectivity index (χ0v) is 5.77. The predicted octanol–water partition coefficient (Wildman–Crippen LogP) is -1.23. The molecular weight excluding hydrogens is 148 g/mol. The fraction of sp³-hybridized carbons (Fsp3) is 0.667. The Morgan fingerprint density at radius 2 is 1.91 bits per heavy atom. The van der Waals surface area contributed by atoms with Gasteiger partial charge in [0.2, 0.25) is 6.10 Å². The van der Waals surface area contributed by atoms with Gasteiger partial charge < -0.3 is 14.9 Å². The summed E-state index contributed by atoms with van der Waals surface area (Å²) < 4.78 is 4.56. The third-order valence-corrected chi connectivity index (χ3v) is 0.901. The van der Waals surface area contributed by atoms with Crippen LogP contribution in [0.1, 0.15) is 0 Å². The number of rotatable bonds is 4. The van der Waals surface area contributed by atoms with Crippen molar-refractivity contribution in [3.63, 3.8) is 0 Å². The summed E-state index contributed by atoms with van der Waals surface area (Å²) in [5.41, 5.74) is 0. The van der Waals surface area contributed by atoms with Gasteiger partial charge in [0.25, 0.3) is 0 Å². The molecule has 0 aromatic heterocycles. The summed E-state index contributed by atoms with van der Waals surface area (Å²) in [5.74, 6) is 0. The highest BCUT2D eigenvalue weighted by Crippen LogP contribution is 1.90. The van der Waals surface area contributed by atoms with Crippen LogP contribution in [0.3, 0.4) is 0 Å². The van der Waals surface area contributed by atoms with Crippen LogP contribution in [-0.2, 0) is 4.74 Å². The van der Waals surface area contributed by atoms with E-state index in [1.54, 1.807) is 12.1 Å². The molecule has 5 nitrogen and oxygen atoms in total. The molecule has 0 aromatic carbocycles. The molecule has 5 heteroatoms. The number of aliphatic hydroxyl groups is 2. The van der Waals surface area contributed by atoms with E-state index >= 15 is 0 Å². The Hall–Kier alpha value is -1.14. The van der Waals surface area contributed by atoms with Crippen molar-refractivity contribution in [2.75, 3.05) is 13.2 Å². The summed E-state index contributed by atoms with van der Waals surface area (Å²) in [6.07, 6.45) is -2.20. The summed E-state index contributed by atoms with van der Waals surface area (Å²) in [7, 11) is 0. The number of nitrogens with zero attached hydrogens (tertiary/aromatic N) is 2. The second-order valence-electron chi connectivity index (χ2n) is 1.81. The number of aliphatic hydroxyl groups excluding tert-OH is 2. The lowest BCUT2D eigenvalue weighted by atomic mass is 10.4. The van der Waals surface area contributed by atoms with E-state index in [0.29, 0.717) is 0 Å². The quantitative estimate of drug-likeness (QED) is 0.531.